The predicted molar refractivity (Wildman–Crippen MR) is 89.6 cm³/mol. The second-order valence-electron chi connectivity index (χ2n) is 8.05. The van der Waals surface area contributed by atoms with Crippen molar-refractivity contribution in [1.29, 1.82) is 0 Å². The van der Waals surface area contributed by atoms with Crippen LogP contribution in [-0.2, 0) is 16.1 Å². The molecule has 6 nitrogen and oxygen atoms in total. The summed E-state index contributed by atoms with van der Waals surface area (Å²) in [6, 6.07) is -0.960. The van der Waals surface area contributed by atoms with Crippen LogP contribution >= 0.6 is 0 Å². The zero-order valence-electron chi connectivity index (χ0n) is 14.9. The summed E-state index contributed by atoms with van der Waals surface area (Å²) in [5.41, 5.74) is -0.246. The molecule has 148 valence electrons. The first-order valence-electron chi connectivity index (χ1n) is 9.43. The van der Waals surface area contributed by atoms with Crippen LogP contribution in [0, 0.1) is 29.3 Å². The van der Waals surface area contributed by atoms with Crippen molar-refractivity contribution in [3.63, 3.8) is 0 Å². The lowest BCUT2D eigenvalue weighted by Gasteiger charge is -2.50. The summed E-state index contributed by atoms with van der Waals surface area (Å²) in [7, 11) is 0. The molecule has 3 aliphatic heterocycles. The van der Waals surface area contributed by atoms with E-state index in [1.807, 2.05) is 0 Å². The molecule has 1 aromatic carbocycles. The van der Waals surface area contributed by atoms with Crippen LogP contribution in [-0.4, -0.2) is 41.8 Å². The zero-order chi connectivity index (χ0) is 19.7. The van der Waals surface area contributed by atoms with Crippen molar-refractivity contribution < 1.29 is 27.6 Å². The van der Waals surface area contributed by atoms with Gasteiger partial charge in [0.1, 0.15) is 6.04 Å². The summed E-state index contributed by atoms with van der Waals surface area (Å²) in [5, 5.41) is 5.39. The number of nitrogens with zero attached hydrogens (tertiary/aromatic N) is 1. The smallest absolute Gasteiger partial charge is 0.258 e. The second-order valence-corrected chi connectivity index (χ2v) is 8.05. The number of piperidine rings is 3. The average molecular weight is 393 g/mol. The van der Waals surface area contributed by atoms with E-state index < -0.39 is 46.8 Å². The van der Waals surface area contributed by atoms with Crippen molar-refractivity contribution in [2.75, 3.05) is 13.1 Å². The molecule has 3 amide bonds. The van der Waals surface area contributed by atoms with Crippen LogP contribution in [0.15, 0.2) is 0 Å². The Bertz CT molecular complexity index is 921. The molecule has 9 heteroatoms. The summed E-state index contributed by atoms with van der Waals surface area (Å²) in [4.78, 5) is 37.5. The molecule has 1 aliphatic carbocycles. The maximum atomic E-state index is 14.8. The fourth-order valence-electron chi connectivity index (χ4n) is 5.29. The van der Waals surface area contributed by atoms with Gasteiger partial charge >= 0.3 is 0 Å². The number of carbonyl (C=O) groups is 3. The molecule has 3 unspecified atom stereocenters. The van der Waals surface area contributed by atoms with Crippen LogP contribution in [0.4, 0.5) is 13.2 Å². The molecule has 2 N–H and O–H groups in total. The van der Waals surface area contributed by atoms with Crippen LogP contribution in [0.3, 0.4) is 0 Å². The largest absolute Gasteiger partial charge is 0.322 e. The van der Waals surface area contributed by atoms with E-state index in [1.54, 1.807) is 0 Å². The monoisotopic (exact) mass is 393 g/mol. The number of fused-ring (bicyclic) bond motifs is 3. The predicted octanol–water partition coefficient (Wildman–Crippen LogP) is 1.19. The standard InChI is InChI=1S/C19H18F3N3O3/c20-15-13(12-7-3-8(12)5-23-4-7)9-6-25(10-1-2-11(26)24-18(10)27)19(28)14(9)16(21)17(15)22/h7-8,10,12,23H,1-6H2,(H,24,26,27). The van der Waals surface area contributed by atoms with Crippen molar-refractivity contribution in [3.8, 4) is 0 Å². The second kappa shape index (κ2) is 6.04. The fourth-order valence-corrected chi connectivity index (χ4v) is 5.29. The van der Waals surface area contributed by atoms with Gasteiger partial charge in [-0.1, -0.05) is 0 Å². The highest BCUT2D eigenvalue weighted by Gasteiger charge is 2.50. The molecule has 2 bridgehead atoms. The molecule has 0 spiro atoms. The van der Waals surface area contributed by atoms with Crippen LogP contribution in [0.5, 0.6) is 0 Å². The van der Waals surface area contributed by atoms with Gasteiger partial charge in [0.25, 0.3) is 5.91 Å². The van der Waals surface area contributed by atoms with E-state index in [0.717, 1.165) is 11.3 Å². The molecule has 3 atom stereocenters. The van der Waals surface area contributed by atoms with E-state index in [0.29, 0.717) is 13.1 Å². The Morgan fingerprint density at radius 3 is 2.32 bits per heavy atom. The van der Waals surface area contributed by atoms with E-state index in [1.165, 1.54) is 0 Å². The quantitative estimate of drug-likeness (QED) is 0.585. The van der Waals surface area contributed by atoms with Gasteiger partial charge in [0.05, 0.1) is 5.56 Å². The molecule has 1 aromatic rings. The number of halogens is 3. The first-order valence-corrected chi connectivity index (χ1v) is 9.43. The lowest BCUT2D eigenvalue weighted by atomic mass is 9.58. The maximum Gasteiger partial charge on any atom is 0.258 e. The molecule has 4 aliphatic rings. The van der Waals surface area contributed by atoms with E-state index in [9.17, 15) is 27.6 Å². The van der Waals surface area contributed by atoms with Gasteiger partial charge in [0, 0.05) is 18.5 Å². The Kier molecular flexibility index (Phi) is 3.81. The minimum Gasteiger partial charge on any atom is -0.322 e. The van der Waals surface area contributed by atoms with E-state index in [-0.39, 0.29) is 48.3 Å². The Hall–Kier alpha value is -2.42. The number of amides is 3. The third kappa shape index (κ3) is 2.28. The molecule has 2 saturated heterocycles. The van der Waals surface area contributed by atoms with Crippen molar-refractivity contribution in [2.45, 2.75) is 37.8 Å². The Balaban J connectivity index is 1.58. The molecular formula is C19H18F3N3O3. The fraction of sp³-hybridized carbons (Fsp3) is 0.526. The average Bonchev–Trinajstić information content (AvgIpc) is 3.00. The SMILES string of the molecule is O=C1CCC(N2Cc3c(c(F)c(F)c(F)c3C3C4CNCC3C4)C2=O)C(=O)N1. The number of hydrogen-bond acceptors (Lipinski definition) is 4. The van der Waals surface area contributed by atoms with Gasteiger partial charge in [-0.25, -0.2) is 13.2 Å². The van der Waals surface area contributed by atoms with Crippen molar-refractivity contribution in [1.82, 2.24) is 15.5 Å². The minimum absolute atomic E-state index is 0.0486. The number of rotatable bonds is 2. The number of hydrogen-bond donors (Lipinski definition) is 2. The topological polar surface area (TPSA) is 78.5 Å². The Morgan fingerprint density at radius 2 is 1.68 bits per heavy atom. The summed E-state index contributed by atoms with van der Waals surface area (Å²) in [6.45, 7) is 1.17. The van der Waals surface area contributed by atoms with Gasteiger partial charge in [-0.3, -0.25) is 19.7 Å². The molecule has 0 aromatic heterocycles. The molecule has 1 saturated carbocycles. The Labute approximate surface area is 158 Å². The lowest BCUT2D eigenvalue weighted by molar-refractivity contribution is -0.136. The normalized spacial score (nSPS) is 31.5. The van der Waals surface area contributed by atoms with Gasteiger partial charge in [-0.05, 0) is 49.2 Å². The molecule has 0 radical (unpaired) electrons. The van der Waals surface area contributed by atoms with Crippen molar-refractivity contribution >= 4 is 17.7 Å². The van der Waals surface area contributed by atoms with E-state index in [4.69, 9.17) is 0 Å². The highest BCUT2D eigenvalue weighted by atomic mass is 19.2. The van der Waals surface area contributed by atoms with Crippen LogP contribution in [0.1, 0.15) is 46.7 Å². The zero-order valence-corrected chi connectivity index (χ0v) is 14.9. The van der Waals surface area contributed by atoms with E-state index >= 15 is 0 Å². The van der Waals surface area contributed by atoms with Gasteiger partial charge < -0.3 is 10.2 Å². The highest BCUT2D eigenvalue weighted by molar-refractivity contribution is 6.05. The molecule has 3 heterocycles. The summed E-state index contributed by atoms with van der Waals surface area (Å²) in [6.07, 6.45) is 1.04. The summed E-state index contributed by atoms with van der Waals surface area (Å²) < 4.78 is 43.7. The first kappa shape index (κ1) is 17.7. The molecule has 28 heavy (non-hydrogen) atoms. The Morgan fingerprint density at radius 1 is 0.964 bits per heavy atom. The minimum atomic E-state index is -1.63. The van der Waals surface area contributed by atoms with Gasteiger partial charge in [-0.2, -0.15) is 0 Å². The summed E-state index contributed by atoms with van der Waals surface area (Å²) >= 11 is 0. The summed E-state index contributed by atoms with van der Waals surface area (Å²) in [5.74, 6) is -6.32. The highest BCUT2D eigenvalue weighted by Crippen LogP contribution is 2.52. The van der Waals surface area contributed by atoms with Crippen molar-refractivity contribution in [2.24, 2.45) is 11.8 Å². The maximum absolute atomic E-state index is 14.8. The van der Waals surface area contributed by atoms with Crippen LogP contribution in [0.2, 0.25) is 0 Å². The molecular weight excluding hydrogens is 375 g/mol. The van der Waals surface area contributed by atoms with Gasteiger partial charge in [0.2, 0.25) is 11.8 Å². The van der Waals surface area contributed by atoms with Crippen molar-refractivity contribution in [3.05, 3.63) is 34.1 Å². The third-order valence-corrected chi connectivity index (χ3v) is 6.63. The number of imide groups is 1. The third-order valence-electron chi connectivity index (χ3n) is 6.63. The van der Waals surface area contributed by atoms with Crippen LogP contribution in [0.25, 0.3) is 0 Å². The van der Waals surface area contributed by atoms with Crippen LogP contribution < -0.4 is 10.6 Å². The number of nitrogens with one attached hydrogen (secondary N) is 2. The number of carbonyl (C=O) groups excluding carboxylic acids is 3. The van der Waals surface area contributed by atoms with E-state index in [2.05, 4.69) is 10.6 Å². The molecule has 3 fully saturated rings. The van der Waals surface area contributed by atoms with Gasteiger partial charge in [0.15, 0.2) is 17.5 Å². The first-order chi connectivity index (χ1) is 13.4. The number of benzene rings is 1. The van der Waals surface area contributed by atoms with Gasteiger partial charge in [-0.15, -0.1) is 0 Å². The molecule has 5 rings (SSSR count). The lowest BCUT2D eigenvalue weighted by Crippen LogP contribution is -2.53.